The van der Waals surface area contributed by atoms with Gasteiger partial charge in [0.1, 0.15) is 11.2 Å². The second-order valence-electron chi connectivity index (χ2n) is 11.8. The smallest absolute Gasteiger partial charge is 0.143 e. The van der Waals surface area contributed by atoms with Crippen LogP contribution in [-0.2, 0) is 0 Å². The van der Waals surface area contributed by atoms with Crippen molar-refractivity contribution in [3.8, 4) is 33.4 Å². The Kier molecular flexibility index (Phi) is 5.85. The molecule has 0 aliphatic heterocycles. The third-order valence-electron chi connectivity index (χ3n) is 8.96. The zero-order chi connectivity index (χ0) is 35.3. The summed E-state index contributed by atoms with van der Waals surface area (Å²) in [7, 11) is 0. The van der Waals surface area contributed by atoms with E-state index in [0.29, 0.717) is 11.1 Å². The van der Waals surface area contributed by atoms with Gasteiger partial charge in [-0.2, -0.15) is 0 Å². The van der Waals surface area contributed by atoms with E-state index >= 15 is 0 Å². The van der Waals surface area contributed by atoms with E-state index in [2.05, 4.69) is 30.3 Å². The second kappa shape index (κ2) is 11.8. The van der Waals surface area contributed by atoms with Crippen molar-refractivity contribution in [2.75, 3.05) is 4.90 Å². The van der Waals surface area contributed by atoms with E-state index < -0.39 is 0 Å². The molecule has 0 atom stereocenters. The zero-order valence-electron chi connectivity index (χ0n) is 29.9. The summed E-state index contributed by atoms with van der Waals surface area (Å²) < 4.78 is 43.9. The molecule has 226 valence electrons. The van der Waals surface area contributed by atoms with Crippen molar-refractivity contribution in [3.63, 3.8) is 0 Å². The standard InChI is InChI=1S/C46H31NO/c1-3-11-32(12-4-1)34-21-26-38(27-22-34)47(39-28-23-35(24-29-39)33-13-5-2-6-14-33)40-17-9-16-37(31-40)41-19-10-20-44-45(41)43-30-25-36-15-7-8-18-42(36)46(43)48-44/h1-31H/i9D,16D,17D,31D. The minimum atomic E-state index is -0.247. The fourth-order valence-corrected chi connectivity index (χ4v) is 6.62. The molecule has 0 aliphatic carbocycles. The summed E-state index contributed by atoms with van der Waals surface area (Å²) in [6.45, 7) is 0. The summed E-state index contributed by atoms with van der Waals surface area (Å²) >= 11 is 0. The molecule has 48 heavy (non-hydrogen) atoms. The van der Waals surface area contributed by atoms with Gasteiger partial charge in [-0.25, -0.2) is 0 Å². The van der Waals surface area contributed by atoms with E-state index in [0.717, 1.165) is 60.8 Å². The van der Waals surface area contributed by atoms with Crippen molar-refractivity contribution in [3.05, 3.63) is 188 Å². The Morgan fingerprint density at radius 3 is 1.71 bits per heavy atom. The molecule has 2 nitrogen and oxygen atoms in total. The molecular formula is C46H31NO. The molecule has 0 unspecified atom stereocenters. The van der Waals surface area contributed by atoms with E-state index in [-0.39, 0.29) is 35.4 Å². The first-order valence-corrected chi connectivity index (χ1v) is 16.0. The van der Waals surface area contributed by atoms with Gasteiger partial charge in [-0.3, -0.25) is 0 Å². The molecule has 0 aliphatic rings. The fraction of sp³-hybridized carbons (Fsp3) is 0. The van der Waals surface area contributed by atoms with Gasteiger partial charge >= 0.3 is 0 Å². The predicted molar refractivity (Wildman–Crippen MR) is 202 cm³/mol. The Labute approximate surface area is 285 Å². The van der Waals surface area contributed by atoms with Crippen LogP contribution in [0.2, 0.25) is 0 Å². The summed E-state index contributed by atoms with van der Waals surface area (Å²) in [5.41, 5.74) is 8.20. The molecular weight excluding hydrogens is 583 g/mol. The van der Waals surface area contributed by atoms with Crippen LogP contribution in [-0.4, -0.2) is 0 Å². The molecule has 9 aromatic rings. The topological polar surface area (TPSA) is 16.4 Å². The minimum absolute atomic E-state index is 0.00656. The number of benzene rings is 8. The first kappa shape index (κ1) is 23.9. The van der Waals surface area contributed by atoms with Crippen molar-refractivity contribution in [2.45, 2.75) is 0 Å². The summed E-state index contributed by atoms with van der Waals surface area (Å²) in [6.07, 6.45) is 0. The van der Waals surface area contributed by atoms with Crippen LogP contribution in [0.3, 0.4) is 0 Å². The van der Waals surface area contributed by atoms with Gasteiger partial charge in [-0.1, -0.05) is 139 Å². The fourth-order valence-electron chi connectivity index (χ4n) is 6.62. The number of fused-ring (bicyclic) bond motifs is 5. The minimum Gasteiger partial charge on any atom is -0.455 e. The first-order chi connectivity index (χ1) is 25.5. The number of rotatable bonds is 6. The largest absolute Gasteiger partial charge is 0.455 e. The third kappa shape index (κ3) is 4.92. The Morgan fingerprint density at radius 1 is 0.438 bits per heavy atom. The molecule has 9 rings (SSSR count). The van der Waals surface area contributed by atoms with Crippen LogP contribution in [0.5, 0.6) is 0 Å². The summed E-state index contributed by atoms with van der Waals surface area (Å²) in [5.74, 6) is 0. The van der Waals surface area contributed by atoms with Crippen molar-refractivity contribution in [2.24, 2.45) is 0 Å². The molecule has 0 spiro atoms. The molecule has 0 N–H and O–H groups in total. The van der Waals surface area contributed by atoms with E-state index in [9.17, 15) is 4.11 Å². The van der Waals surface area contributed by atoms with Crippen LogP contribution in [0, 0.1) is 0 Å². The van der Waals surface area contributed by atoms with Gasteiger partial charge in [0.15, 0.2) is 0 Å². The summed E-state index contributed by atoms with van der Waals surface area (Å²) in [4.78, 5) is 1.87. The average Bonchev–Trinajstić information content (AvgIpc) is 3.60. The van der Waals surface area contributed by atoms with Crippen LogP contribution in [0.1, 0.15) is 5.48 Å². The zero-order valence-corrected chi connectivity index (χ0v) is 25.9. The number of hydrogen-bond acceptors (Lipinski definition) is 2. The number of furan rings is 1. The molecule has 8 aromatic carbocycles. The lowest BCUT2D eigenvalue weighted by Gasteiger charge is -2.26. The second-order valence-corrected chi connectivity index (χ2v) is 11.8. The monoisotopic (exact) mass is 617 g/mol. The highest BCUT2D eigenvalue weighted by molar-refractivity contribution is 6.19. The molecule has 1 heterocycles. The van der Waals surface area contributed by atoms with Gasteiger partial charge in [0.05, 0.1) is 5.48 Å². The molecule has 2 heteroatoms. The Balaban J connectivity index is 1.27. The lowest BCUT2D eigenvalue weighted by atomic mass is 9.97. The Hall–Kier alpha value is -6.38. The number of anilines is 3. The molecule has 1 aromatic heterocycles. The third-order valence-corrected chi connectivity index (χ3v) is 8.96. The maximum absolute atomic E-state index is 9.82. The van der Waals surface area contributed by atoms with Crippen molar-refractivity contribution in [1.29, 1.82) is 0 Å². The predicted octanol–water partition coefficient (Wildman–Crippen LogP) is 13.2. The van der Waals surface area contributed by atoms with E-state index in [4.69, 9.17) is 5.79 Å². The van der Waals surface area contributed by atoms with Crippen LogP contribution >= 0.6 is 0 Å². The lowest BCUT2D eigenvalue weighted by molar-refractivity contribution is 0.673. The highest BCUT2D eigenvalue weighted by atomic mass is 16.3. The van der Waals surface area contributed by atoms with Gasteiger partial charge in [0.2, 0.25) is 0 Å². The van der Waals surface area contributed by atoms with Gasteiger partial charge in [-0.05, 0) is 87.2 Å². The molecule has 0 radical (unpaired) electrons. The Bertz CT molecular complexity index is 2680. The van der Waals surface area contributed by atoms with E-state index in [1.54, 1.807) is 0 Å². The van der Waals surface area contributed by atoms with E-state index in [1.165, 1.54) is 0 Å². The van der Waals surface area contributed by atoms with Gasteiger partial charge in [0.25, 0.3) is 0 Å². The maximum Gasteiger partial charge on any atom is 0.143 e. The van der Waals surface area contributed by atoms with Gasteiger partial charge in [0, 0.05) is 33.2 Å². The average molecular weight is 618 g/mol. The van der Waals surface area contributed by atoms with Gasteiger partial charge in [-0.15, -0.1) is 0 Å². The molecule has 0 fully saturated rings. The maximum atomic E-state index is 9.82. The normalized spacial score (nSPS) is 12.5. The molecule has 0 saturated carbocycles. The number of hydrogen-bond donors (Lipinski definition) is 0. The Morgan fingerprint density at radius 2 is 1.04 bits per heavy atom. The van der Waals surface area contributed by atoms with Crippen LogP contribution in [0.4, 0.5) is 17.1 Å². The highest BCUT2D eigenvalue weighted by Gasteiger charge is 2.17. The van der Waals surface area contributed by atoms with E-state index in [1.807, 2.05) is 138 Å². The lowest BCUT2D eigenvalue weighted by Crippen LogP contribution is -2.10. The van der Waals surface area contributed by atoms with Crippen molar-refractivity contribution in [1.82, 2.24) is 0 Å². The number of nitrogens with zero attached hydrogens (tertiary/aromatic N) is 1. The van der Waals surface area contributed by atoms with Gasteiger partial charge < -0.3 is 9.32 Å². The van der Waals surface area contributed by atoms with Crippen molar-refractivity contribution < 1.29 is 9.90 Å². The van der Waals surface area contributed by atoms with Crippen LogP contribution < -0.4 is 4.90 Å². The quantitative estimate of drug-likeness (QED) is 0.185. The SMILES string of the molecule is [2H]c1c([2H])c(-c2cccc3oc4c5ccccc5ccc4c23)c([2H])c(N(c2ccc(-c3ccccc3)cc2)c2ccc(-c3ccccc3)cc2)c1[2H]. The summed E-state index contributed by atoms with van der Waals surface area (Å²) in [5, 5.41) is 3.68. The highest BCUT2D eigenvalue weighted by Crippen LogP contribution is 2.42. The molecule has 0 amide bonds. The van der Waals surface area contributed by atoms with Crippen LogP contribution in [0.15, 0.2) is 192 Å². The van der Waals surface area contributed by atoms with Crippen LogP contribution in [0.25, 0.3) is 66.1 Å². The first-order valence-electron chi connectivity index (χ1n) is 18.0. The molecule has 0 saturated heterocycles. The molecule has 0 bridgehead atoms. The summed E-state index contributed by atoms with van der Waals surface area (Å²) in [6, 6.07) is 53.5. The van der Waals surface area contributed by atoms with Crippen molar-refractivity contribution >= 4 is 49.8 Å².